The van der Waals surface area contributed by atoms with Crippen LogP contribution in [0.2, 0.25) is 0 Å². The molecule has 0 bridgehead atoms. The molecule has 0 aliphatic carbocycles. The first-order valence-corrected chi connectivity index (χ1v) is 8.33. The first kappa shape index (κ1) is 17.8. The maximum absolute atomic E-state index is 11.3. The van der Waals surface area contributed by atoms with Crippen molar-refractivity contribution in [3.63, 3.8) is 0 Å². The van der Waals surface area contributed by atoms with Gasteiger partial charge in [-0.05, 0) is 31.4 Å². The van der Waals surface area contributed by atoms with Gasteiger partial charge in [0.25, 0.3) is 11.4 Å². The molecule has 1 aliphatic heterocycles. The van der Waals surface area contributed by atoms with E-state index in [0.29, 0.717) is 6.61 Å². The summed E-state index contributed by atoms with van der Waals surface area (Å²) >= 11 is 0. The number of nitrogens with one attached hydrogen (secondary N) is 1. The molecule has 8 nitrogen and oxygen atoms in total. The summed E-state index contributed by atoms with van der Waals surface area (Å²) in [6.07, 6.45) is 1.38. The maximum Gasteiger partial charge on any atom is 0.299 e. The minimum atomic E-state index is -0.643. The molecule has 2 unspecified atom stereocenters. The summed E-state index contributed by atoms with van der Waals surface area (Å²) in [7, 11) is 0. The molecule has 0 radical (unpaired) electrons. The van der Waals surface area contributed by atoms with Gasteiger partial charge >= 0.3 is 0 Å². The third-order valence-corrected chi connectivity index (χ3v) is 4.46. The third kappa shape index (κ3) is 3.80. The molecule has 0 aromatic heterocycles. The number of aryl methyl sites for hydroxylation is 1. The topological polar surface area (TPSA) is 108 Å². The smallest absolute Gasteiger partial charge is 0.299 e. The largest absolute Gasteiger partial charge is 0.374 e. The van der Waals surface area contributed by atoms with Gasteiger partial charge in [-0.1, -0.05) is 29.8 Å². The normalized spacial score (nSPS) is 19.7. The van der Waals surface area contributed by atoms with Crippen molar-refractivity contribution in [3.05, 3.63) is 73.8 Å². The first-order chi connectivity index (χ1) is 12.5. The van der Waals surface area contributed by atoms with E-state index in [-0.39, 0.29) is 29.2 Å². The molecule has 2 atom stereocenters. The molecular formula is C18H19N3O5. The zero-order chi connectivity index (χ0) is 18.7. The number of rotatable bonds is 5. The predicted molar refractivity (Wildman–Crippen MR) is 96.3 cm³/mol. The van der Waals surface area contributed by atoms with Gasteiger partial charge in [0.2, 0.25) is 0 Å². The zero-order valence-corrected chi connectivity index (χ0v) is 14.3. The summed E-state index contributed by atoms with van der Waals surface area (Å²) in [6, 6.07) is 11.4. The Morgan fingerprint density at radius 2 is 1.81 bits per heavy atom. The second-order valence-electron chi connectivity index (χ2n) is 6.31. The molecule has 1 aliphatic rings. The molecule has 2 aromatic carbocycles. The van der Waals surface area contributed by atoms with E-state index >= 15 is 0 Å². The summed E-state index contributed by atoms with van der Waals surface area (Å²) in [6.45, 7) is 2.63. The van der Waals surface area contributed by atoms with Crippen LogP contribution in [0.1, 0.15) is 30.1 Å². The minimum Gasteiger partial charge on any atom is -0.374 e. The molecule has 26 heavy (non-hydrogen) atoms. The highest BCUT2D eigenvalue weighted by Crippen LogP contribution is 2.35. The fourth-order valence-electron chi connectivity index (χ4n) is 3.12. The Balaban J connectivity index is 1.89. The molecular weight excluding hydrogens is 338 g/mol. The van der Waals surface area contributed by atoms with Crippen LogP contribution >= 0.6 is 0 Å². The lowest BCUT2D eigenvalue weighted by Crippen LogP contribution is -2.34. The molecule has 1 heterocycles. The Morgan fingerprint density at radius 3 is 2.46 bits per heavy atom. The SMILES string of the molecule is Cc1ccc(C2OCCCC2Nc2ccc([N+](=O)[O-])cc2[N+](=O)[O-])cc1. The summed E-state index contributed by atoms with van der Waals surface area (Å²) in [5.74, 6) is 0. The Hall–Kier alpha value is -3.00. The monoisotopic (exact) mass is 357 g/mol. The quantitative estimate of drug-likeness (QED) is 0.636. The average molecular weight is 357 g/mol. The van der Waals surface area contributed by atoms with Crippen molar-refractivity contribution in [3.8, 4) is 0 Å². The number of non-ortho nitro benzene ring substituents is 1. The van der Waals surface area contributed by atoms with Crippen LogP contribution in [0.3, 0.4) is 0 Å². The highest BCUT2D eigenvalue weighted by atomic mass is 16.6. The number of hydrogen-bond donors (Lipinski definition) is 1. The molecule has 1 fully saturated rings. The van der Waals surface area contributed by atoms with Gasteiger partial charge in [0.15, 0.2) is 0 Å². The van der Waals surface area contributed by atoms with Gasteiger partial charge in [-0.3, -0.25) is 20.2 Å². The van der Waals surface area contributed by atoms with E-state index in [1.54, 1.807) is 0 Å². The van der Waals surface area contributed by atoms with Crippen molar-refractivity contribution >= 4 is 17.1 Å². The lowest BCUT2D eigenvalue weighted by Gasteiger charge is -2.33. The fourth-order valence-corrected chi connectivity index (χ4v) is 3.12. The van der Waals surface area contributed by atoms with E-state index in [1.807, 2.05) is 31.2 Å². The zero-order valence-electron chi connectivity index (χ0n) is 14.3. The number of ether oxygens (including phenoxy) is 1. The van der Waals surface area contributed by atoms with E-state index in [1.165, 1.54) is 12.1 Å². The van der Waals surface area contributed by atoms with Crippen molar-refractivity contribution in [1.82, 2.24) is 0 Å². The van der Waals surface area contributed by atoms with E-state index in [2.05, 4.69) is 5.32 Å². The molecule has 1 saturated heterocycles. The summed E-state index contributed by atoms with van der Waals surface area (Å²) in [5.41, 5.74) is 1.77. The van der Waals surface area contributed by atoms with Gasteiger partial charge in [0, 0.05) is 12.7 Å². The predicted octanol–water partition coefficient (Wildman–Crippen LogP) is 4.14. The van der Waals surface area contributed by atoms with Crippen LogP contribution in [-0.2, 0) is 4.74 Å². The van der Waals surface area contributed by atoms with Crippen LogP contribution in [0.4, 0.5) is 17.1 Å². The van der Waals surface area contributed by atoms with E-state index < -0.39 is 9.85 Å². The van der Waals surface area contributed by atoms with Crippen molar-refractivity contribution in [2.75, 3.05) is 11.9 Å². The molecule has 136 valence electrons. The van der Waals surface area contributed by atoms with Gasteiger partial charge < -0.3 is 10.1 Å². The number of nitro benzene ring substituents is 2. The Bertz CT molecular complexity index is 822. The maximum atomic E-state index is 11.3. The lowest BCUT2D eigenvalue weighted by atomic mass is 9.95. The van der Waals surface area contributed by atoms with Crippen molar-refractivity contribution in [2.24, 2.45) is 0 Å². The number of hydrogen-bond acceptors (Lipinski definition) is 6. The van der Waals surface area contributed by atoms with Gasteiger partial charge in [0.05, 0.1) is 22.0 Å². The Kier molecular flexibility index (Phi) is 5.13. The van der Waals surface area contributed by atoms with E-state index in [0.717, 1.165) is 30.0 Å². The van der Waals surface area contributed by atoms with Crippen LogP contribution in [0.25, 0.3) is 0 Å². The van der Waals surface area contributed by atoms with Gasteiger partial charge in [-0.15, -0.1) is 0 Å². The summed E-state index contributed by atoms with van der Waals surface area (Å²) in [5, 5.41) is 25.4. The molecule has 8 heteroatoms. The van der Waals surface area contributed by atoms with E-state index in [4.69, 9.17) is 4.74 Å². The summed E-state index contributed by atoms with van der Waals surface area (Å²) < 4.78 is 5.91. The standard InChI is InChI=1S/C18H19N3O5/c1-12-4-6-13(7-5-12)18-16(3-2-10-26-18)19-15-9-8-14(20(22)23)11-17(15)21(24)25/h4-9,11,16,18-19H,2-3,10H2,1H3. The van der Waals surface area contributed by atoms with Crippen molar-refractivity contribution in [2.45, 2.75) is 31.9 Å². The Morgan fingerprint density at radius 1 is 1.08 bits per heavy atom. The molecule has 2 aromatic rings. The highest BCUT2D eigenvalue weighted by molar-refractivity contribution is 5.65. The third-order valence-electron chi connectivity index (χ3n) is 4.46. The van der Waals surface area contributed by atoms with Crippen LogP contribution in [0, 0.1) is 27.2 Å². The molecule has 0 amide bonds. The van der Waals surface area contributed by atoms with Crippen molar-refractivity contribution in [1.29, 1.82) is 0 Å². The van der Waals surface area contributed by atoms with Crippen LogP contribution < -0.4 is 5.32 Å². The number of benzene rings is 2. The second kappa shape index (κ2) is 7.49. The molecule has 0 saturated carbocycles. The number of nitro groups is 2. The van der Waals surface area contributed by atoms with Crippen LogP contribution in [-0.4, -0.2) is 22.5 Å². The number of anilines is 1. The minimum absolute atomic E-state index is 0.161. The second-order valence-corrected chi connectivity index (χ2v) is 6.31. The van der Waals surface area contributed by atoms with Gasteiger partial charge in [-0.25, -0.2) is 0 Å². The lowest BCUT2D eigenvalue weighted by molar-refractivity contribution is -0.393. The molecule has 3 rings (SSSR count). The highest BCUT2D eigenvalue weighted by Gasteiger charge is 2.30. The van der Waals surface area contributed by atoms with Crippen LogP contribution in [0.5, 0.6) is 0 Å². The fraction of sp³-hybridized carbons (Fsp3) is 0.333. The molecule has 0 spiro atoms. The van der Waals surface area contributed by atoms with E-state index in [9.17, 15) is 20.2 Å². The average Bonchev–Trinajstić information content (AvgIpc) is 2.63. The summed E-state index contributed by atoms with van der Waals surface area (Å²) in [4.78, 5) is 21.0. The Labute approximate surface area is 150 Å². The first-order valence-electron chi connectivity index (χ1n) is 8.33. The van der Waals surface area contributed by atoms with Gasteiger partial charge in [-0.2, -0.15) is 0 Å². The number of nitrogens with zero attached hydrogens (tertiary/aromatic N) is 2. The van der Waals surface area contributed by atoms with Crippen LogP contribution in [0.15, 0.2) is 42.5 Å². The van der Waals surface area contributed by atoms with Crippen molar-refractivity contribution < 1.29 is 14.6 Å². The van der Waals surface area contributed by atoms with Gasteiger partial charge in [0.1, 0.15) is 11.8 Å². The molecule has 1 N–H and O–H groups in total.